The Morgan fingerprint density at radius 1 is 1.43 bits per heavy atom. The number of benzene rings is 1. The van der Waals surface area contributed by atoms with Crippen LogP contribution in [0.1, 0.15) is 24.8 Å². The van der Waals surface area contributed by atoms with Gasteiger partial charge in [0.05, 0.1) is 14.1 Å². The average molecular weight is 287 g/mol. The van der Waals surface area contributed by atoms with Crippen LogP contribution in [0.3, 0.4) is 0 Å². The molecule has 0 bridgehead atoms. The zero-order valence-corrected chi connectivity index (χ0v) is 11.9. The summed E-state index contributed by atoms with van der Waals surface area (Å²) in [4.78, 5) is 0. The second kappa shape index (κ2) is 5.81. The van der Waals surface area contributed by atoms with Crippen molar-refractivity contribution in [1.82, 2.24) is 5.32 Å². The quantitative estimate of drug-likeness (QED) is 0.802. The zero-order chi connectivity index (χ0) is 14.9. The highest BCUT2D eigenvalue weighted by Gasteiger charge is 2.44. The highest BCUT2D eigenvalue weighted by Crippen LogP contribution is 2.39. The summed E-state index contributed by atoms with van der Waals surface area (Å²) in [7, 11) is 5.59. The third-order valence-electron chi connectivity index (χ3n) is 4.63. The summed E-state index contributed by atoms with van der Waals surface area (Å²) < 4.78 is 19.1. The van der Waals surface area contributed by atoms with Gasteiger partial charge in [-0.1, -0.05) is 18.6 Å². The van der Waals surface area contributed by atoms with E-state index in [4.69, 9.17) is 12.3 Å². The van der Waals surface area contributed by atoms with Crippen LogP contribution >= 0.6 is 0 Å². The molecule has 2 unspecified atom stereocenters. The van der Waals surface area contributed by atoms with Crippen LogP contribution in [0.4, 0.5) is 4.39 Å². The molecule has 2 aromatic rings. The molecule has 1 aliphatic rings. The molecule has 3 nitrogen and oxygen atoms in total. The number of halogens is 1. The van der Waals surface area contributed by atoms with E-state index < -0.39 is 12.3 Å². The van der Waals surface area contributed by atoms with E-state index in [-0.39, 0.29) is 18.4 Å². The summed E-state index contributed by atoms with van der Waals surface area (Å²) in [6.07, 6.45) is 4.90. The van der Waals surface area contributed by atoms with E-state index in [0.29, 0.717) is 11.1 Å². The van der Waals surface area contributed by atoms with Gasteiger partial charge in [-0.05, 0) is 42.9 Å². The van der Waals surface area contributed by atoms with Crippen molar-refractivity contribution in [3.8, 4) is 0 Å². The van der Waals surface area contributed by atoms with Gasteiger partial charge in [-0.2, -0.15) is 0 Å². The molecule has 21 heavy (non-hydrogen) atoms. The van der Waals surface area contributed by atoms with Gasteiger partial charge in [0, 0.05) is 11.4 Å². The van der Waals surface area contributed by atoms with Crippen LogP contribution in [-0.2, 0) is 5.60 Å². The number of rotatable bonds is 6. The van der Waals surface area contributed by atoms with Crippen LogP contribution in [0.25, 0.3) is 11.0 Å². The lowest BCUT2D eigenvalue weighted by Gasteiger charge is -2.43. The fourth-order valence-corrected chi connectivity index (χ4v) is 3.19. The van der Waals surface area contributed by atoms with E-state index in [2.05, 4.69) is 5.32 Å². The molecule has 2 N–H and O–H groups in total. The van der Waals surface area contributed by atoms with E-state index in [1.54, 1.807) is 18.4 Å². The summed E-state index contributed by atoms with van der Waals surface area (Å²) >= 11 is 0. The largest absolute Gasteiger partial charge is 0.464 e. The second-order valence-electron chi connectivity index (χ2n) is 5.81. The molecule has 110 valence electrons. The molecule has 2 radical (unpaired) electrons. The molecule has 0 spiro atoms. The van der Waals surface area contributed by atoms with E-state index in [0.717, 1.165) is 24.6 Å². The maximum absolute atomic E-state index is 13.8. The van der Waals surface area contributed by atoms with Gasteiger partial charge < -0.3 is 14.8 Å². The molecule has 0 saturated heterocycles. The minimum atomic E-state index is -1.58. The molecule has 0 amide bonds. The van der Waals surface area contributed by atoms with Crippen LogP contribution in [0.2, 0.25) is 0 Å². The van der Waals surface area contributed by atoms with Crippen molar-refractivity contribution in [1.29, 1.82) is 0 Å². The number of alkyl halides is 1. The monoisotopic (exact) mass is 287 g/mol. The Bertz CT molecular complexity index is 613. The van der Waals surface area contributed by atoms with Gasteiger partial charge in [-0.25, -0.2) is 4.39 Å². The zero-order valence-electron chi connectivity index (χ0n) is 11.9. The molecule has 1 aliphatic carbocycles. The summed E-state index contributed by atoms with van der Waals surface area (Å²) in [6, 6.07) is 6.79. The predicted octanol–water partition coefficient (Wildman–Crippen LogP) is 2.47. The van der Waals surface area contributed by atoms with E-state index in [1.165, 1.54) is 0 Å². The predicted molar refractivity (Wildman–Crippen MR) is 81.0 cm³/mol. The lowest BCUT2D eigenvalue weighted by molar-refractivity contribution is -0.0538. The third kappa shape index (κ3) is 2.49. The normalized spacial score (nSPS) is 20.1. The van der Waals surface area contributed by atoms with Crippen molar-refractivity contribution in [2.45, 2.75) is 30.9 Å². The summed E-state index contributed by atoms with van der Waals surface area (Å²) in [6.45, 7) is -0.854. The van der Waals surface area contributed by atoms with Crippen LogP contribution < -0.4 is 5.32 Å². The van der Waals surface area contributed by atoms with Crippen molar-refractivity contribution in [3.05, 3.63) is 36.1 Å². The minimum absolute atomic E-state index is 0.215. The van der Waals surface area contributed by atoms with Crippen molar-refractivity contribution in [2.24, 2.45) is 5.92 Å². The minimum Gasteiger partial charge on any atom is -0.464 e. The lowest BCUT2D eigenvalue weighted by atomic mass is 9.71. The van der Waals surface area contributed by atoms with Gasteiger partial charge in [0.2, 0.25) is 0 Å². The van der Waals surface area contributed by atoms with E-state index in [9.17, 15) is 9.50 Å². The molecule has 1 fully saturated rings. The summed E-state index contributed by atoms with van der Waals surface area (Å²) in [5.74, 6) is 0.251. The number of hydrogen-bond donors (Lipinski definition) is 2. The summed E-state index contributed by atoms with van der Waals surface area (Å²) in [5, 5.41) is 15.0. The fraction of sp³-hybridized carbons (Fsp3) is 0.500. The van der Waals surface area contributed by atoms with Crippen LogP contribution in [0.15, 0.2) is 34.9 Å². The molecule has 3 rings (SSSR count). The van der Waals surface area contributed by atoms with Crippen molar-refractivity contribution >= 4 is 18.8 Å². The van der Waals surface area contributed by atoms with Crippen molar-refractivity contribution in [3.63, 3.8) is 0 Å². The topological polar surface area (TPSA) is 45.4 Å². The Balaban J connectivity index is 1.99. The number of fused-ring (bicyclic) bond motifs is 1. The number of aliphatic hydroxyl groups is 1. The number of nitrogens with one attached hydrogen (secondary N) is 1. The lowest BCUT2D eigenvalue weighted by Crippen LogP contribution is -2.56. The Labute approximate surface area is 124 Å². The smallest absolute Gasteiger partial charge is 0.134 e. The SMILES string of the molecule is [B]CNC(C1CCC1)C(O)(CF)c1ccc2ccoc2c1. The maximum Gasteiger partial charge on any atom is 0.134 e. The maximum atomic E-state index is 13.8. The molecular formula is C16H19BFNO2. The number of hydrogen-bond acceptors (Lipinski definition) is 3. The number of furan rings is 1. The van der Waals surface area contributed by atoms with Crippen LogP contribution in [0.5, 0.6) is 0 Å². The van der Waals surface area contributed by atoms with Gasteiger partial charge in [0.25, 0.3) is 0 Å². The Hall–Kier alpha value is -1.33. The molecule has 5 heteroatoms. The fourth-order valence-electron chi connectivity index (χ4n) is 3.19. The molecule has 1 saturated carbocycles. The molecule has 1 aromatic heterocycles. The molecular weight excluding hydrogens is 268 g/mol. The van der Waals surface area contributed by atoms with E-state index >= 15 is 0 Å². The highest BCUT2D eigenvalue weighted by atomic mass is 19.1. The van der Waals surface area contributed by atoms with Crippen molar-refractivity contribution in [2.75, 3.05) is 13.1 Å². The first-order chi connectivity index (χ1) is 10.2. The second-order valence-corrected chi connectivity index (χ2v) is 5.81. The first-order valence-electron chi connectivity index (χ1n) is 7.38. The Morgan fingerprint density at radius 3 is 2.86 bits per heavy atom. The van der Waals surface area contributed by atoms with Gasteiger partial charge >= 0.3 is 0 Å². The Kier molecular flexibility index (Phi) is 4.04. The molecule has 2 atom stereocenters. The van der Waals surface area contributed by atoms with Crippen molar-refractivity contribution < 1.29 is 13.9 Å². The van der Waals surface area contributed by atoms with Crippen LogP contribution in [0, 0.1) is 5.92 Å². The van der Waals surface area contributed by atoms with E-state index in [1.807, 2.05) is 12.1 Å². The average Bonchev–Trinajstić information content (AvgIpc) is 2.91. The molecule has 0 aliphatic heterocycles. The van der Waals surface area contributed by atoms with Gasteiger partial charge in [0.1, 0.15) is 17.9 Å². The Morgan fingerprint density at radius 2 is 2.24 bits per heavy atom. The summed E-state index contributed by atoms with van der Waals surface area (Å²) in [5.41, 5.74) is -0.393. The standard InChI is InChI=1S/C16H19BFNO2/c17-10-19-15(12-2-1-3-12)16(20,9-18)13-5-4-11-6-7-21-14(11)8-13/h4-8,12,15,19-20H,1-3,9-10H2. The van der Waals surface area contributed by atoms with Gasteiger partial charge in [-0.15, -0.1) is 0 Å². The first-order valence-corrected chi connectivity index (χ1v) is 7.38. The first kappa shape index (κ1) is 14.6. The van der Waals surface area contributed by atoms with Crippen LogP contribution in [-0.4, -0.2) is 32.1 Å². The molecule has 1 heterocycles. The van der Waals surface area contributed by atoms with Gasteiger partial charge in [-0.3, -0.25) is 0 Å². The highest BCUT2D eigenvalue weighted by molar-refractivity contribution is 6.08. The van der Waals surface area contributed by atoms with Gasteiger partial charge in [0.15, 0.2) is 0 Å². The third-order valence-corrected chi connectivity index (χ3v) is 4.63. The molecule has 1 aromatic carbocycles.